The van der Waals surface area contributed by atoms with Crippen LogP contribution in [0.1, 0.15) is 30.8 Å². The molecule has 1 aromatic heterocycles. The Morgan fingerprint density at radius 1 is 1.16 bits per heavy atom. The van der Waals surface area contributed by atoms with Crippen LogP contribution in [0.25, 0.3) is 0 Å². The van der Waals surface area contributed by atoms with Gasteiger partial charge in [-0.25, -0.2) is 0 Å². The van der Waals surface area contributed by atoms with Crippen LogP contribution in [-0.4, -0.2) is 29.9 Å². The fourth-order valence-electron chi connectivity index (χ4n) is 2.76. The summed E-state index contributed by atoms with van der Waals surface area (Å²) in [4.78, 5) is 12.5. The Morgan fingerprint density at radius 2 is 1.76 bits per heavy atom. The largest absolute Gasteiger partial charge is 0.497 e. The van der Waals surface area contributed by atoms with E-state index in [-0.39, 0.29) is 12.3 Å². The van der Waals surface area contributed by atoms with Crippen molar-refractivity contribution >= 4 is 11.6 Å². The zero-order valence-corrected chi connectivity index (χ0v) is 15.8. The zero-order chi connectivity index (χ0) is 18.6. The van der Waals surface area contributed by atoms with Gasteiger partial charge in [-0.3, -0.25) is 9.48 Å². The molecule has 6 nitrogen and oxygen atoms in total. The Morgan fingerprint density at radius 3 is 2.28 bits per heavy atom. The smallest absolute Gasteiger partial charge is 0.228 e. The number of ether oxygens (including phenoxy) is 2. The number of amides is 1. The minimum atomic E-state index is -0.0920. The van der Waals surface area contributed by atoms with Crippen molar-refractivity contribution in [1.29, 1.82) is 0 Å². The number of nitrogens with zero attached hydrogens (tertiary/aromatic N) is 2. The normalized spacial score (nSPS) is 10.8. The van der Waals surface area contributed by atoms with E-state index in [1.54, 1.807) is 32.4 Å². The second-order valence-electron chi connectivity index (χ2n) is 6.55. The van der Waals surface area contributed by atoms with Crippen LogP contribution in [0.2, 0.25) is 0 Å². The fourth-order valence-corrected chi connectivity index (χ4v) is 2.76. The van der Waals surface area contributed by atoms with Crippen molar-refractivity contribution in [2.45, 2.75) is 40.7 Å². The van der Waals surface area contributed by atoms with E-state index >= 15 is 0 Å². The molecule has 0 spiro atoms. The molecule has 0 bridgehead atoms. The van der Waals surface area contributed by atoms with Crippen LogP contribution in [0.3, 0.4) is 0 Å². The number of benzene rings is 1. The van der Waals surface area contributed by atoms with E-state index in [0.717, 1.165) is 23.5 Å². The third kappa shape index (κ3) is 4.75. The summed E-state index contributed by atoms with van der Waals surface area (Å²) in [7, 11) is 3.16. The highest BCUT2D eigenvalue weighted by Gasteiger charge is 2.16. The second-order valence-corrected chi connectivity index (χ2v) is 6.55. The average Bonchev–Trinajstić information content (AvgIpc) is 2.81. The standard InChI is InChI=1S/C19H27N3O3/c1-12(2)11-22-14(4)18(13(3)21-22)10-19(23)20-15-7-16(24-5)9-17(8-15)25-6/h7-9,12H,10-11H2,1-6H3,(H,20,23). The molecule has 6 heteroatoms. The number of carbonyl (C=O) groups is 1. The van der Waals surface area contributed by atoms with Crippen LogP contribution >= 0.6 is 0 Å². The predicted molar refractivity (Wildman–Crippen MR) is 98.4 cm³/mol. The maximum atomic E-state index is 12.5. The van der Waals surface area contributed by atoms with E-state index in [4.69, 9.17) is 9.47 Å². The van der Waals surface area contributed by atoms with Crippen LogP contribution in [0.5, 0.6) is 11.5 Å². The molecule has 2 rings (SSSR count). The molecule has 2 aromatic rings. The molecule has 0 saturated carbocycles. The number of rotatable bonds is 7. The molecular weight excluding hydrogens is 318 g/mol. The topological polar surface area (TPSA) is 65.4 Å². The van der Waals surface area contributed by atoms with Crippen molar-refractivity contribution in [2.75, 3.05) is 19.5 Å². The molecular formula is C19H27N3O3. The molecule has 0 aliphatic heterocycles. The lowest BCUT2D eigenvalue weighted by atomic mass is 10.1. The van der Waals surface area contributed by atoms with Gasteiger partial charge in [-0.1, -0.05) is 13.8 Å². The van der Waals surface area contributed by atoms with Gasteiger partial charge in [-0.05, 0) is 19.8 Å². The van der Waals surface area contributed by atoms with E-state index in [2.05, 4.69) is 24.3 Å². The van der Waals surface area contributed by atoms with E-state index in [0.29, 0.717) is 23.1 Å². The van der Waals surface area contributed by atoms with Gasteiger partial charge in [0.15, 0.2) is 0 Å². The minimum absolute atomic E-state index is 0.0920. The van der Waals surface area contributed by atoms with Crippen LogP contribution in [-0.2, 0) is 17.8 Å². The Balaban J connectivity index is 2.14. The lowest BCUT2D eigenvalue weighted by Gasteiger charge is -2.10. The molecule has 0 aliphatic carbocycles. The SMILES string of the molecule is COc1cc(NC(=O)Cc2c(C)nn(CC(C)C)c2C)cc(OC)c1. The Hall–Kier alpha value is -2.50. The summed E-state index contributed by atoms with van der Waals surface area (Å²) in [5, 5.41) is 7.47. The molecule has 0 unspecified atom stereocenters. The van der Waals surface area contributed by atoms with E-state index in [9.17, 15) is 4.79 Å². The van der Waals surface area contributed by atoms with Crippen LogP contribution in [0.15, 0.2) is 18.2 Å². The maximum Gasteiger partial charge on any atom is 0.228 e. The van der Waals surface area contributed by atoms with Gasteiger partial charge in [-0.2, -0.15) is 5.10 Å². The van der Waals surface area contributed by atoms with Crippen LogP contribution < -0.4 is 14.8 Å². The summed E-state index contributed by atoms with van der Waals surface area (Å²) >= 11 is 0. The number of aromatic nitrogens is 2. The molecule has 0 saturated heterocycles. The van der Waals surface area contributed by atoms with E-state index < -0.39 is 0 Å². The van der Waals surface area contributed by atoms with Crippen molar-refractivity contribution < 1.29 is 14.3 Å². The van der Waals surface area contributed by atoms with Crippen molar-refractivity contribution in [3.05, 3.63) is 35.2 Å². The summed E-state index contributed by atoms with van der Waals surface area (Å²) in [6, 6.07) is 5.30. The van der Waals surface area contributed by atoms with Gasteiger partial charge in [0, 0.05) is 41.7 Å². The number of anilines is 1. The maximum absolute atomic E-state index is 12.5. The van der Waals surface area contributed by atoms with Crippen molar-refractivity contribution in [2.24, 2.45) is 5.92 Å². The summed E-state index contributed by atoms with van der Waals surface area (Å²) in [5.41, 5.74) is 3.57. The molecule has 0 aliphatic rings. The Kier molecular flexibility index (Phi) is 6.07. The third-order valence-corrected chi connectivity index (χ3v) is 4.04. The summed E-state index contributed by atoms with van der Waals surface area (Å²) in [5.74, 6) is 1.67. The average molecular weight is 345 g/mol. The second kappa shape index (κ2) is 8.05. The summed E-state index contributed by atoms with van der Waals surface area (Å²) in [6.07, 6.45) is 0.287. The summed E-state index contributed by atoms with van der Waals surface area (Å²) in [6.45, 7) is 9.11. The van der Waals surface area contributed by atoms with Gasteiger partial charge in [0.05, 0.1) is 26.3 Å². The molecule has 136 valence electrons. The highest BCUT2D eigenvalue weighted by atomic mass is 16.5. The molecule has 0 atom stereocenters. The molecule has 1 heterocycles. The van der Waals surface area contributed by atoms with Crippen molar-refractivity contribution in [3.63, 3.8) is 0 Å². The highest BCUT2D eigenvalue weighted by molar-refractivity contribution is 5.93. The number of hydrogen-bond acceptors (Lipinski definition) is 4. The van der Waals surface area contributed by atoms with Gasteiger partial charge in [0.2, 0.25) is 5.91 Å². The fraction of sp³-hybridized carbons (Fsp3) is 0.474. The first-order chi connectivity index (χ1) is 11.8. The third-order valence-electron chi connectivity index (χ3n) is 4.04. The number of aryl methyl sites for hydroxylation is 1. The predicted octanol–water partition coefficient (Wildman–Crippen LogP) is 3.35. The number of nitrogens with one attached hydrogen (secondary N) is 1. The first-order valence-corrected chi connectivity index (χ1v) is 8.39. The molecule has 0 radical (unpaired) electrons. The Bertz CT molecular complexity index is 728. The molecule has 25 heavy (non-hydrogen) atoms. The van der Waals surface area contributed by atoms with Crippen LogP contribution in [0, 0.1) is 19.8 Å². The molecule has 1 aromatic carbocycles. The first-order valence-electron chi connectivity index (χ1n) is 8.39. The van der Waals surface area contributed by atoms with Gasteiger partial charge < -0.3 is 14.8 Å². The van der Waals surface area contributed by atoms with Gasteiger partial charge >= 0.3 is 0 Å². The molecule has 0 fully saturated rings. The van der Waals surface area contributed by atoms with E-state index in [1.165, 1.54) is 0 Å². The monoisotopic (exact) mass is 345 g/mol. The highest BCUT2D eigenvalue weighted by Crippen LogP contribution is 2.26. The summed E-state index contributed by atoms with van der Waals surface area (Å²) < 4.78 is 12.4. The molecule has 1 N–H and O–H groups in total. The van der Waals surface area contributed by atoms with Crippen LogP contribution in [0.4, 0.5) is 5.69 Å². The van der Waals surface area contributed by atoms with Gasteiger partial charge in [0.1, 0.15) is 11.5 Å². The quantitative estimate of drug-likeness (QED) is 0.836. The number of hydrogen-bond donors (Lipinski definition) is 1. The lowest BCUT2D eigenvalue weighted by molar-refractivity contribution is -0.115. The lowest BCUT2D eigenvalue weighted by Crippen LogP contribution is -2.15. The van der Waals surface area contributed by atoms with Crippen molar-refractivity contribution in [1.82, 2.24) is 9.78 Å². The number of methoxy groups -OCH3 is 2. The molecule has 1 amide bonds. The van der Waals surface area contributed by atoms with Gasteiger partial charge in [0.25, 0.3) is 0 Å². The first kappa shape index (κ1) is 18.8. The number of carbonyl (C=O) groups excluding carboxylic acids is 1. The van der Waals surface area contributed by atoms with Gasteiger partial charge in [-0.15, -0.1) is 0 Å². The van der Waals surface area contributed by atoms with Crippen molar-refractivity contribution in [3.8, 4) is 11.5 Å². The zero-order valence-electron chi connectivity index (χ0n) is 15.8. The minimum Gasteiger partial charge on any atom is -0.497 e. The Labute approximate surface area is 149 Å². The van der Waals surface area contributed by atoms with E-state index in [1.807, 2.05) is 18.5 Å².